The summed E-state index contributed by atoms with van der Waals surface area (Å²) >= 11 is 0. The lowest BCUT2D eigenvalue weighted by Gasteiger charge is -2.24. The maximum absolute atomic E-state index is 11.1. The molecule has 3 nitrogen and oxygen atoms in total. The van der Waals surface area contributed by atoms with Crippen LogP contribution in [-0.2, 0) is 11.2 Å². The van der Waals surface area contributed by atoms with Gasteiger partial charge in [-0.05, 0) is 43.5 Å². The predicted octanol–water partition coefficient (Wildman–Crippen LogP) is 2.70. The Morgan fingerprint density at radius 1 is 1.44 bits per heavy atom. The Balaban J connectivity index is 0.000000606. The fraction of sp³-hybridized carbons (Fsp3) is 0.462. The molecule has 0 amide bonds. The van der Waals surface area contributed by atoms with Crippen LogP contribution in [-0.4, -0.2) is 17.0 Å². The Hall–Kier alpha value is -1.51. The molecule has 0 bridgehead atoms. The Morgan fingerprint density at radius 2 is 2.12 bits per heavy atom. The summed E-state index contributed by atoms with van der Waals surface area (Å²) in [5.41, 5.74) is 0.975. The van der Waals surface area contributed by atoms with Crippen molar-refractivity contribution in [2.24, 2.45) is 0 Å². The summed E-state index contributed by atoms with van der Waals surface area (Å²) < 4.78 is 5.49. The largest absolute Gasteiger partial charge is 0.508 e. The number of aromatic hydroxyl groups is 1. The van der Waals surface area contributed by atoms with Crippen molar-refractivity contribution in [3.05, 3.63) is 23.8 Å². The fourth-order valence-electron chi connectivity index (χ4n) is 1.66. The molecule has 0 saturated heterocycles. The molecule has 0 aromatic heterocycles. The zero-order valence-corrected chi connectivity index (χ0v) is 9.99. The first-order chi connectivity index (χ1) is 7.66. The SMILES string of the molecule is CC.CC(=O)C1CCc2cc(O)ccc2O1. The van der Waals surface area contributed by atoms with Gasteiger partial charge in [-0.3, -0.25) is 4.79 Å². The summed E-state index contributed by atoms with van der Waals surface area (Å²) in [6.45, 7) is 5.54. The number of Topliss-reactive ketones (excluding diaryl/α,β-unsaturated/α-hetero) is 1. The zero-order chi connectivity index (χ0) is 12.1. The van der Waals surface area contributed by atoms with Crippen molar-refractivity contribution in [3.63, 3.8) is 0 Å². The second-order valence-electron chi connectivity index (χ2n) is 3.55. The van der Waals surface area contributed by atoms with Crippen LogP contribution in [0.3, 0.4) is 0 Å². The van der Waals surface area contributed by atoms with Gasteiger partial charge in [0.2, 0.25) is 0 Å². The summed E-state index contributed by atoms with van der Waals surface area (Å²) in [6.07, 6.45) is 1.17. The quantitative estimate of drug-likeness (QED) is 0.794. The van der Waals surface area contributed by atoms with Crippen LogP contribution in [0.5, 0.6) is 11.5 Å². The van der Waals surface area contributed by atoms with E-state index in [-0.39, 0.29) is 17.6 Å². The van der Waals surface area contributed by atoms with E-state index in [0.29, 0.717) is 12.2 Å². The molecule has 1 N–H and O–H groups in total. The first-order valence-corrected chi connectivity index (χ1v) is 5.66. The molecule has 1 aliphatic rings. The zero-order valence-electron chi connectivity index (χ0n) is 9.99. The topological polar surface area (TPSA) is 46.5 Å². The molecular formula is C13H18O3. The van der Waals surface area contributed by atoms with Crippen molar-refractivity contribution < 1.29 is 14.6 Å². The molecule has 1 unspecified atom stereocenters. The van der Waals surface area contributed by atoms with Crippen molar-refractivity contribution in [3.8, 4) is 11.5 Å². The monoisotopic (exact) mass is 222 g/mol. The highest BCUT2D eigenvalue weighted by Crippen LogP contribution is 2.30. The molecule has 0 aliphatic carbocycles. The average molecular weight is 222 g/mol. The number of aryl methyl sites for hydroxylation is 1. The highest BCUT2D eigenvalue weighted by Gasteiger charge is 2.23. The van der Waals surface area contributed by atoms with Crippen LogP contribution >= 0.6 is 0 Å². The minimum absolute atomic E-state index is 0.0590. The van der Waals surface area contributed by atoms with E-state index < -0.39 is 0 Å². The average Bonchev–Trinajstić information content (AvgIpc) is 2.30. The third-order valence-electron chi connectivity index (χ3n) is 2.44. The van der Waals surface area contributed by atoms with Gasteiger partial charge in [0.05, 0.1) is 0 Å². The number of phenols is 1. The summed E-state index contributed by atoms with van der Waals surface area (Å²) in [6, 6.07) is 4.97. The molecule has 0 radical (unpaired) electrons. The molecule has 3 heteroatoms. The molecule has 0 spiro atoms. The van der Waals surface area contributed by atoms with Gasteiger partial charge in [-0.1, -0.05) is 13.8 Å². The Bertz CT molecular complexity index is 371. The molecule has 88 valence electrons. The molecule has 2 rings (SSSR count). The highest BCUT2D eigenvalue weighted by atomic mass is 16.5. The second-order valence-corrected chi connectivity index (χ2v) is 3.55. The maximum atomic E-state index is 11.1. The number of carbonyl (C=O) groups excluding carboxylic acids is 1. The summed E-state index contributed by atoms with van der Waals surface area (Å²) in [4.78, 5) is 11.1. The smallest absolute Gasteiger partial charge is 0.170 e. The minimum Gasteiger partial charge on any atom is -0.508 e. The molecule has 0 saturated carbocycles. The van der Waals surface area contributed by atoms with Crippen LogP contribution in [0.4, 0.5) is 0 Å². The van der Waals surface area contributed by atoms with E-state index in [0.717, 1.165) is 12.0 Å². The third-order valence-corrected chi connectivity index (χ3v) is 2.44. The van der Waals surface area contributed by atoms with E-state index in [1.165, 1.54) is 6.92 Å². The molecule has 1 aromatic carbocycles. The third kappa shape index (κ3) is 2.75. The van der Waals surface area contributed by atoms with Crippen LogP contribution in [0.1, 0.15) is 32.8 Å². The molecular weight excluding hydrogens is 204 g/mol. The summed E-state index contributed by atoms with van der Waals surface area (Å²) in [5, 5.41) is 9.24. The lowest BCUT2D eigenvalue weighted by atomic mass is 10.0. The number of hydrogen-bond acceptors (Lipinski definition) is 3. The fourth-order valence-corrected chi connectivity index (χ4v) is 1.66. The lowest BCUT2D eigenvalue weighted by Crippen LogP contribution is -2.29. The molecule has 1 aromatic rings. The van der Waals surface area contributed by atoms with Crippen LogP contribution in [0.2, 0.25) is 0 Å². The van der Waals surface area contributed by atoms with E-state index in [4.69, 9.17) is 4.74 Å². The van der Waals surface area contributed by atoms with Crippen LogP contribution in [0.25, 0.3) is 0 Å². The first-order valence-electron chi connectivity index (χ1n) is 5.66. The normalized spacial score (nSPS) is 17.6. The number of fused-ring (bicyclic) bond motifs is 1. The van der Waals surface area contributed by atoms with Gasteiger partial charge < -0.3 is 9.84 Å². The molecule has 16 heavy (non-hydrogen) atoms. The highest BCUT2D eigenvalue weighted by molar-refractivity contribution is 5.81. The number of ketones is 1. The Morgan fingerprint density at radius 3 is 2.75 bits per heavy atom. The lowest BCUT2D eigenvalue weighted by molar-refractivity contribution is -0.124. The van der Waals surface area contributed by atoms with Gasteiger partial charge in [0, 0.05) is 0 Å². The van der Waals surface area contributed by atoms with Crippen molar-refractivity contribution in [1.82, 2.24) is 0 Å². The summed E-state index contributed by atoms with van der Waals surface area (Å²) in [7, 11) is 0. The van der Waals surface area contributed by atoms with E-state index in [9.17, 15) is 9.90 Å². The molecule has 1 aliphatic heterocycles. The number of phenolic OH excluding ortho intramolecular Hbond substituents is 1. The summed E-state index contributed by atoms with van der Waals surface area (Å²) in [5.74, 6) is 1.02. The van der Waals surface area contributed by atoms with Gasteiger partial charge in [-0.15, -0.1) is 0 Å². The van der Waals surface area contributed by atoms with Crippen molar-refractivity contribution in [2.45, 2.75) is 39.7 Å². The molecule has 1 heterocycles. The van der Waals surface area contributed by atoms with Crippen LogP contribution < -0.4 is 4.74 Å². The standard InChI is InChI=1S/C11H12O3.C2H6/c1-7(12)10-4-2-8-6-9(13)3-5-11(8)14-10;1-2/h3,5-6,10,13H,2,4H2,1H3;1-2H3. The van der Waals surface area contributed by atoms with Gasteiger partial charge in [-0.2, -0.15) is 0 Å². The minimum atomic E-state index is -0.313. The van der Waals surface area contributed by atoms with Gasteiger partial charge in [0.15, 0.2) is 11.9 Å². The first kappa shape index (κ1) is 12.6. The number of carbonyl (C=O) groups is 1. The number of rotatable bonds is 1. The number of ether oxygens (including phenoxy) is 1. The maximum Gasteiger partial charge on any atom is 0.170 e. The van der Waals surface area contributed by atoms with Crippen molar-refractivity contribution in [2.75, 3.05) is 0 Å². The van der Waals surface area contributed by atoms with Gasteiger partial charge in [0.25, 0.3) is 0 Å². The van der Waals surface area contributed by atoms with Crippen molar-refractivity contribution >= 4 is 5.78 Å². The van der Waals surface area contributed by atoms with Gasteiger partial charge >= 0.3 is 0 Å². The van der Waals surface area contributed by atoms with Gasteiger partial charge in [0.1, 0.15) is 11.5 Å². The number of benzene rings is 1. The van der Waals surface area contributed by atoms with E-state index in [1.807, 2.05) is 13.8 Å². The van der Waals surface area contributed by atoms with E-state index in [2.05, 4.69) is 0 Å². The van der Waals surface area contributed by atoms with Crippen LogP contribution in [0, 0.1) is 0 Å². The molecule has 1 atom stereocenters. The van der Waals surface area contributed by atoms with Crippen LogP contribution in [0.15, 0.2) is 18.2 Å². The van der Waals surface area contributed by atoms with Gasteiger partial charge in [-0.25, -0.2) is 0 Å². The second kappa shape index (κ2) is 5.54. The number of hydrogen-bond donors (Lipinski definition) is 1. The predicted molar refractivity (Wildman–Crippen MR) is 62.9 cm³/mol. The van der Waals surface area contributed by atoms with E-state index in [1.54, 1.807) is 18.2 Å². The Labute approximate surface area is 96.1 Å². The molecule has 0 fully saturated rings. The van der Waals surface area contributed by atoms with Crippen molar-refractivity contribution in [1.29, 1.82) is 0 Å². The van der Waals surface area contributed by atoms with E-state index >= 15 is 0 Å². The Kier molecular flexibility index (Phi) is 4.35.